The fourth-order valence-electron chi connectivity index (χ4n) is 4.06. The van der Waals surface area contributed by atoms with Crippen molar-refractivity contribution in [1.29, 1.82) is 0 Å². The molecule has 1 N–H and O–H groups in total. The van der Waals surface area contributed by atoms with Crippen LogP contribution in [0.3, 0.4) is 0 Å². The summed E-state index contributed by atoms with van der Waals surface area (Å²) in [4.78, 5) is 25.1. The molecule has 2 heterocycles. The van der Waals surface area contributed by atoms with E-state index >= 15 is 0 Å². The Kier molecular flexibility index (Phi) is 6.69. The van der Waals surface area contributed by atoms with Crippen molar-refractivity contribution in [2.75, 3.05) is 14.2 Å². The molecule has 0 radical (unpaired) electrons. The van der Waals surface area contributed by atoms with Gasteiger partial charge in [0.15, 0.2) is 22.5 Å². The first-order chi connectivity index (χ1) is 15.5. The van der Waals surface area contributed by atoms with Crippen molar-refractivity contribution in [3.63, 3.8) is 0 Å². The molecule has 4 rings (SSSR count). The second kappa shape index (κ2) is 9.65. The lowest BCUT2D eigenvalue weighted by Gasteiger charge is -2.30. The molecule has 0 atom stereocenters. The lowest BCUT2D eigenvalue weighted by atomic mass is 9.94. The van der Waals surface area contributed by atoms with Crippen molar-refractivity contribution in [3.05, 3.63) is 46.5 Å². The molecule has 0 spiro atoms. The molecule has 0 bridgehead atoms. The first kappa shape index (κ1) is 22.2. The van der Waals surface area contributed by atoms with E-state index in [4.69, 9.17) is 14.5 Å². The average Bonchev–Trinajstić information content (AvgIpc) is 3.09. The van der Waals surface area contributed by atoms with Crippen LogP contribution in [-0.4, -0.2) is 46.3 Å². The van der Waals surface area contributed by atoms with Gasteiger partial charge in [-0.3, -0.25) is 9.69 Å². The molecule has 2 aliphatic rings. The number of hydrogen-bond donors (Lipinski definition) is 1. The Bertz CT molecular complexity index is 1050. The standard InChI is InChI=1S/C24H27N3O4S/c1-15-8-7-11-21(25-15)26-24-27(17-9-5-4-6-10-17)23(29)20(32-24)14-16-12-18(30-2)22(28)19(13-16)31-3/h7-8,11-14,17,28H,4-6,9-10H2,1-3H3/b20-14-,26-24+. The number of pyridine rings is 1. The number of aliphatic imine (C=N–C) groups is 1. The van der Waals surface area contributed by atoms with Gasteiger partial charge in [0.2, 0.25) is 5.75 Å². The zero-order valence-electron chi connectivity index (χ0n) is 18.5. The first-order valence-corrected chi connectivity index (χ1v) is 11.5. The number of rotatable bonds is 5. The van der Waals surface area contributed by atoms with Crippen LogP contribution in [-0.2, 0) is 4.79 Å². The van der Waals surface area contributed by atoms with Gasteiger partial charge < -0.3 is 14.6 Å². The van der Waals surface area contributed by atoms with Crippen LogP contribution in [0.4, 0.5) is 5.82 Å². The minimum atomic E-state index is -0.0702. The minimum Gasteiger partial charge on any atom is -0.502 e. The number of hydrogen-bond acceptors (Lipinski definition) is 7. The predicted molar refractivity (Wildman–Crippen MR) is 127 cm³/mol. The van der Waals surface area contributed by atoms with Crippen molar-refractivity contribution in [2.24, 2.45) is 4.99 Å². The van der Waals surface area contributed by atoms with Gasteiger partial charge in [-0.1, -0.05) is 25.3 Å². The Balaban J connectivity index is 1.73. The lowest BCUT2D eigenvalue weighted by Crippen LogP contribution is -2.40. The van der Waals surface area contributed by atoms with Gasteiger partial charge >= 0.3 is 0 Å². The monoisotopic (exact) mass is 453 g/mol. The van der Waals surface area contributed by atoms with Gasteiger partial charge in [0.25, 0.3) is 5.91 Å². The molecule has 1 amide bonds. The maximum Gasteiger partial charge on any atom is 0.267 e. The molecular weight excluding hydrogens is 426 g/mol. The summed E-state index contributed by atoms with van der Waals surface area (Å²) >= 11 is 1.35. The topological polar surface area (TPSA) is 84.3 Å². The van der Waals surface area contributed by atoms with Crippen LogP contribution in [0.5, 0.6) is 17.2 Å². The Hall–Kier alpha value is -3.00. The fourth-order valence-corrected chi connectivity index (χ4v) is 5.11. The molecule has 0 unspecified atom stereocenters. The van der Waals surface area contributed by atoms with Crippen molar-refractivity contribution in [2.45, 2.75) is 45.1 Å². The van der Waals surface area contributed by atoms with Crippen LogP contribution in [0, 0.1) is 6.92 Å². The molecule has 168 valence electrons. The normalized spacial score (nSPS) is 19.7. The summed E-state index contributed by atoms with van der Waals surface area (Å²) < 4.78 is 10.5. The molecule has 1 aliphatic carbocycles. The molecule has 32 heavy (non-hydrogen) atoms. The highest BCUT2D eigenvalue weighted by Crippen LogP contribution is 2.41. The summed E-state index contributed by atoms with van der Waals surface area (Å²) in [6.07, 6.45) is 7.16. The van der Waals surface area contributed by atoms with Crippen LogP contribution in [0.2, 0.25) is 0 Å². The van der Waals surface area contributed by atoms with Gasteiger partial charge in [0.1, 0.15) is 0 Å². The highest BCUT2D eigenvalue weighted by Gasteiger charge is 2.38. The van der Waals surface area contributed by atoms with Crippen molar-refractivity contribution >= 4 is 34.7 Å². The van der Waals surface area contributed by atoms with E-state index in [1.165, 1.54) is 32.4 Å². The SMILES string of the molecule is COc1cc(/C=C2\S/C(=N/c3cccc(C)n3)N(C3CCCCC3)C2=O)cc(OC)c1O. The quantitative estimate of drug-likeness (QED) is 0.638. The van der Waals surface area contributed by atoms with Gasteiger partial charge in [0, 0.05) is 11.7 Å². The van der Waals surface area contributed by atoms with Gasteiger partial charge in [-0.25, -0.2) is 9.98 Å². The number of methoxy groups -OCH3 is 2. The molecule has 2 aromatic rings. The third kappa shape index (κ3) is 4.60. The van der Waals surface area contributed by atoms with E-state index in [0.717, 1.165) is 31.4 Å². The van der Waals surface area contributed by atoms with Gasteiger partial charge in [0.05, 0.1) is 19.1 Å². The van der Waals surface area contributed by atoms with E-state index in [9.17, 15) is 9.90 Å². The number of phenols is 1. The summed E-state index contributed by atoms with van der Waals surface area (Å²) in [6, 6.07) is 9.19. The number of carbonyl (C=O) groups is 1. The highest BCUT2D eigenvalue weighted by atomic mass is 32.2. The zero-order chi connectivity index (χ0) is 22.7. The zero-order valence-corrected chi connectivity index (χ0v) is 19.3. The third-order valence-corrected chi connectivity index (χ3v) is 6.64. The number of aromatic hydroxyl groups is 1. The Morgan fingerprint density at radius 3 is 2.47 bits per heavy atom. The Morgan fingerprint density at radius 2 is 1.84 bits per heavy atom. The summed E-state index contributed by atoms with van der Waals surface area (Å²) in [7, 11) is 2.95. The number of amidine groups is 1. The summed E-state index contributed by atoms with van der Waals surface area (Å²) in [5.74, 6) is 1.04. The number of nitrogens with zero attached hydrogens (tertiary/aromatic N) is 3. The van der Waals surface area contributed by atoms with E-state index in [1.54, 1.807) is 18.2 Å². The maximum absolute atomic E-state index is 13.5. The number of thioether (sulfide) groups is 1. The third-order valence-electron chi connectivity index (χ3n) is 5.66. The number of aryl methyl sites for hydroxylation is 1. The van der Waals surface area contributed by atoms with Crippen LogP contribution < -0.4 is 9.47 Å². The minimum absolute atomic E-state index is 0.0562. The van der Waals surface area contributed by atoms with Gasteiger partial charge in [-0.15, -0.1) is 0 Å². The molecule has 1 saturated carbocycles. The molecule has 1 saturated heterocycles. The summed E-state index contributed by atoms with van der Waals surface area (Å²) in [6.45, 7) is 1.92. The van der Waals surface area contributed by atoms with Crippen LogP contribution in [0.25, 0.3) is 6.08 Å². The number of ether oxygens (including phenoxy) is 2. The predicted octanol–water partition coefficient (Wildman–Crippen LogP) is 5.05. The number of aromatic nitrogens is 1. The molecule has 1 aromatic heterocycles. The first-order valence-electron chi connectivity index (χ1n) is 10.7. The fraction of sp³-hybridized carbons (Fsp3) is 0.375. The average molecular weight is 454 g/mol. The number of phenolic OH excluding ortho intramolecular Hbond substituents is 1. The van der Waals surface area contributed by atoms with E-state index in [1.807, 2.05) is 30.0 Å². The van der Waals surface area contributed by atoms with E-state index in [2.05, 4.69) is 4.98 Å². The summed E-state index contributed by atoms with van der Waals surface area (Å²) in [5.41, 5.74) is 1.58. The Morgan fingerprint density at radius 1 is 1.16 bits per heavy atom. The second-order valence-corrected chi connectivity index (χ2v) is 8.89. The molecule has 1 aliphatic heterocycles. The van der Waals surface area contributed by atoms with E-state index in [-0.39, 0.29) is 29.2 Å². The van der Waals surface area contributed by atoms with Crippen molar-refractivity contribution < 1.29 is 19.4 Å². The molecule has 2 fully saturated rings. The molecule has 8 heteroatoms. The maximum atomic E-state index is 13.5. The van der Waals surface area contributed by atoms with Gasteiger partial charge in [-0.2, -0.15) is 0 Å². The lowest BCUT2D eigenvalue weighted by molar-refractivity contribution is -0.124. The Labute approximate surface area is 192 Å². The van der Waals surface area contributed by atoms with Crippen LogP contribution >= 0.6 is 11.8 Å². The molecule has 1 aromatic carbocycles. The number of amides is 1. The van der Waals surface area contributed by atoms with Crippen molar-refractivity contribution in [1.82, 2.24) is 9.88 Å². The van der Waals surface area contributed by atoms with Crippen molar-refractivity contribution in [3.8, 4) is 17.2 Å². The second-order valence-electron chi connectivity index (χ2n) is 7.88. The molecular formula is C24H27N3O4S. The summed E-state index contributed by atoms with van der Waals surface area (Å²) in [5, 5.41) is 10.8. The van der Waals surface area contributed by atoms with E-state index < -0.39 is 0 Å². The number of benzene rings is 1. The van der Waals surface area contributed by atoms with Crippen LogP contribution in [0.15, 0.2) is 40.2 Å². The smallest absolute Gasteiger partial charge is 0.267 e. The van der Waals surface area contributed by atoms with Gasteiger partial charge in [-0.05, 0) is 67.4 Å². The number of carbonyl (C=O) groups excluding carboxylic acids is 1. The largest absolute Gasteiger partial charge is 0.502 e. The van der Waals surface area contributed by atoms with Crippen LogP contribution in [0.1, 0.15) is 43.4 Å². The molecule has 7 nitrogen and oxygen atoms in total. The highest BCUT2D eigenvalue weighted by molar-refractivity contribution is 8.18. The van der Waals surface area contributed by atoms with E-state index in [0.29, 0.717) is 21.5 Å².